The van der Waals surface area contributed by atoms with Crippen molar-refractivity contribution in [3.8, 4) is 50.2 Å². The second-order valence-corrected chi connectivity index (χ2v) is 14.2. The van der Waals surface area contributed by atoms with E-state index in [0.29, 0.717) is 0 Å². The molecule has 0 unspecified atom stereocenters. The van der Waals surface area contributed by atoms with Gasteiger partial charge in [-0.3, -0.25) is 0 Å². The highest BCUT2D eigenvalue weighted by atomic mass is 15.1. The maximum atomic E-state index is 2.39. The molecule has 0 aliphatic carbocycles. The van der Waals surface area contributed by atoms with Crippen molar-refractivity contribution >= 4 is 38.9 Å². The fourth-order valence-electron chi connectivity index (χ4n) is 7.98. The fourth-order valence-corrected chi connectivity index (χ4v) is 7.98. The van der Waals surface area contributed by atoms with Crippen molar-refractivity contribution in [2.24, 2.45) is 0 Å². The summed E-state index contributed by atoms with van der Waals surface area (Å²) in [4.78, 5) is 2.34. The van der Waals surface area contributed by atoms with Crippen LogP contribution in [0.1, 0.15) is 0 Å². The molecule has 1 heterocycles. The first kappa shape index (κ1) is 33.2. The van der Waals surface area contributed by atoms with Gasteiger partial charge in [-0.2, -0.15) is 0 Å². The van der Waals surface area contributed by atoms with Crippen molar-refractivity contribution in [3.05, 3.63) is 231 Å². The van der Waals surface area contributed by atoms with E-state index < -0.39 is 0 Å². The first-order valence-corrected chi connectivity index (χ1v) is 19.2. The van der Waals surface area contributed by atoms with E-state index in [4.69, 9.17) is 0 Å². The molecule has 56 heavy (non-hydrogen) atoms. The van der Waals surface area contributed by atoms with Crippen molar-refractivity contribution in [1.29, 1.82) is 0 Å². The number of hydrogen-bond donors (Lipinski definition) is 0. The molecular formula is C54H38N2. The summed E-state index contributed by atoms with van der Waals surface area (Å²) in [5.74, 6) is 0. The minimum absolute atomic E-state index is 1.10. The van der Waals surface area contributed by atoms with E-state index >= 15 is 0 Å². The molecule has 0 radical (unpaired) electrons. The standard InChI is InChI=1S/C54H38N2/c1-4-12-39(13-5-1)42-20-29-47(30-21-42)55(48-31-22-43(23-32-48)40-14-6-2-7-15-40)49-33-26-45(27-34-49)46-28-37-54-52(38-46)51-18-10-11-19-53(51)56(54)50-35-24-44(25-36-50)41-16-8-3-9-17-41/h1-38H. The smallest absolute Gasteiger partial charge is 0.0541 e. The number of rotatable bonds is 8. The first-order valence-electron chi connectivity index (χ1n) is 19.2. The van der Waals surface area contributed by atoms with Crippen LogP contribution in [0.2, 0.25) is 0 Å². The Morgan fingerprint density at radius 3 is 1.05 bits per heavy atom. The fraction of sp³-hybridized carbons (Fsp3) is 0. The number of fused-ring (bicyclic) bond motifs is 3. The summed E-state index contributed by atoms with van der Waals surface area (Å²) in [6.07, 6.45) is 0. The van der Waals surface area contributed by atoms with Crippen molar-refractivity contribution in [2.75, 3.05) is 4.90 Å². The Bertz CT molecular complexity index is 2810. The zero-order valence-corrected chi connectivity index (χ0v) is 30.8. The summed E-state index contributed by atoms with van der Waals surface area (Å²) in [6.45, 7) is 0. The van der Waals surface area contributed by atoms with Gasteiger partial charge in [0, 0.05) is 33.5 Å². The van der Waals surface area contributed by atoms with E-state index in [-0.39, 0.29) is 0 Å². The molecule has 10 aromatic rings. The van der Waals surface area contributed by atoms with E-state index in [2.05, 4.69) is 240 Å². The van der Waals surface area contributed by atoms with E-state index in [1.165, 1.54) is 66.3 Å². The number of benzene rings is 9. The minimum Gasteiger partial charge on any atom is -0.311 e. The molecule has 2 heteroatoms. The van der Waals surface area contributed by atoms with Crippen molar-refractivity contribution < 1.29 is 0 Å². The molecule has 0 atom stereocenters. The molecule has 9 aromatic carbocycles. The largest absolute Gasteiger partial charge is 0.311 e. The molecule has 0 fully saturated rings. The zero-order chi connectivity index (χ0) is 37.3. The quantitative estimate of drug-likeness (QED) is 0.152. The van der Waals surface area contributed by atoms with Gasteiger partial charge in [0.1, 0.15) is 0 Å². The van der Waals surface area contributed by atoms with E-state index in [0.717, 1.165) is 22.7 Å². The second kappa shape index (κ2) is 14.4. The molecule has 0 aliphatic heterocycles. The van der Waals surface area contributed by atoms with Crippen LogP contribution in [0.25, 0.3) is 72.0 Å². The highest BCUT2D eigenvalue weighted by Crippen LogP contribution is 2.39. The highest BCUT2D eigenvalue weighted by molar-refractivity contribution is 6.10. The molecule has 0 amide bonds. The number of anilines is 3. The van der Waals surface area contributed by atoms with Crippen LogP contribution in [0.15, 0.2) is 231 Å². The second-order valence-electron chi connectivity index (χ2n) is 14.2. The molecule has 0 saturated carbocycles. The number of hydrogen-bond acceptors (Lipinski definition) is 1. The zero-order valence-electron chi connectivity index (χ0n) is 30.8. The average Bonchev–Trinajstić information content (AvgIpc) is 3.62. The van der Waals surface area contributed by atoms with Gasteiger partial charge in [-0.15, -0.1) is 0 Å². The van der Waals surface area contributed by atoms with Crippen molar-refractivity contribution in [3.63, 3.8) is 0 Å². The maximum Gasteiger partial charge on any atom is 0.0541 e. The van der Waals surface area contributed by atoms with Crippen molar-refractivity contribution in [2.45, 2.75) is 0 Å². The minimum atomic E-state index is 1.10. The predicted octanol–water partition coefficient (Wildman–Crippen LogP) is 14.9. The molecule has 264 valence electrons. The van der Waals surface area contributed by atoms with Gasteiger partial charge < -0.3 is 9.47 Å². The van der Waals surface area contributed by atoms with Gasteiger partial charge >= 0.3 is 0 Å². The Kier molecular flexibility index (Phi) is 8.55. The Labute approximate surface area is 327 Å². The summed E-state index contributed by atoms with van der Waals surface area (Å²) >= 11 is 0. The van der Waals surface area contributed by atoms with Crippen LogP contribution < -0.4 is 4.90 Å². The number of para-hydroxylation sites is 1. The lowest BCUT2D eigenvalue weighted by atomic mass is 10.0. The third-order valence-corrected chi connectivity index (χ3v) is 10.8. The normalized spacial score (nSPS) is 11.2. The molecule has 0 aliphatic rings. The van der Waals surface area contributed by atoms with Crippen LogP contribution in [0, 0.1) is 0 Å². The summed E-state index contributed by atoms with van der Waals surface area (Å²) in [7, 11) is 0. The molecule has 0 saturated heterocycles. The number of nitrogens with zero attached hydrogens (tertiary/aromatic N) is 2. The lowest BCUT2D eigenvalue weighted by molar-refractivity contribution is 1.18. The SMILES string of the molecule is c1ccc(-c2ccc(N(c3ccc(-c4ccccc4)cc3)c3ccc(-c4ccc5c(c4)c4ccccc4n5-c4ccc(-c5ccccc5)cc4)cc3)cc2)cc1. The summed E-state index contributed by atoms with van der Waals surface area (Å²) in [6, 6.07) is 82.9. The molecule has 0 spiro atoms. The Morgan fingerprint density at radius 1 is 0.250 bits per heavy atom. The van der Waals surface area contributed by atoms with Crippen LogP contribution in [-0.2, 0) is 0 Å². The first-order chi connectivity index (χ1) is 27.8. The predicted molar refractivity (Wildman–Crippen MR) is 237 cm³/mol. The average molecular weight is 715 g/mol. The van der Waals surface area contributed by atoms with Gasteiger partial charge in [-0.05, 0) is 111 Å². The summed E-state index contributed by atoms with van der Waals surface area (Å²) in [5.41, 5.74) is 16.5. The van der Waals surface area contributed by atoms with Crippen LogP contribution >= 0.6 is 0 Å². The van der Waals surface area contributed by atoms with Gasteiger partial charge in [0.25, 0.3) is 0 Å². The molecule has 10 rings (SSSR count). The van der Waals surface area contributed by atoms with E-state index in [1.54, 1.807) is 0 Å². The topological polar surface area (TPSA) is 8.17 Å². The van der Waals surface area contributed by atoms with Gasteiger partial charge in [0.05, 0.1) is 11.0 Å². The van der Waals surface area contributed by atoms with Gasteiger partial charge in [0.2, 0.25) is 0 Å². The lowest BCUT2D eigenvalue weighted by Crippen LogP contribution is -2.09. The monoisotopic (exact) mass is 714 g/mol. The van der Waals surface area contributed by atoms with Crippen molar-refractivity contribution in [1.82, 2.24) is 4.57 Å². The summed E-state index contributed by atoms with van der Waals surface area (Å²) in [5, 5.41) is 2.49. The van der Waals surface area contributed by atoms with Crippen LogP contribution in [0.5, 0.6) is 0 Å². The van der Waals surface area contributed by atoms with Crippen LogP contribution in [-0.4, -0.2) is 4.57 Å². The number of aromatic nitrogens is 1. The highest BCUT2D eigenvalue weighted by Gasteiger charge is 2.16. The Morgan fingerprint density at radius 2 is 0.589 bits per heavy atom. The third kappa shape index (κ3) is 6.24. The molecule has 1 aromatic heterocycles. The van der Waals surface area contributed by atoms with Gasteiger partial charge in [-0.1, -0.05) is 164 Å². The molecule has 0 bridgehead atoms. The molecular weight excluding hydrogens is 677 g/mol. The van der Waals surface area contributed by atoms with Gasteiger partial charge in [-0.25, -0.2) is 0 Å². The molecule has 0 N–H and O–H groups in total. The van der Waals surface area contributed by atoms with E-state index in [1.807, 2.05) is 0 Å². The van der Waals surface area contributed by atoms with Crippen LogP contribution in [0.4, 0.5) is 17.1 Å². The Balaban J connectivity index is 1.01. The van der Waals surface area contributed by atoms with Gasteiger partial charge in [0.15, 0.2) is 0 Å². The summed E-state index contributed by atoms with van der Waals surface area (Å²) < 4.78 is 2.39. The maximum absolute atomic E-state index is 2.39. The molecule has 2 nitrogen and oxygen atoms in total. The van der Waals surface area contributed by atoms with E-state index in [9.17, 15) is 0 Å². The van der Waals surface area contributed by atoms with Crippen LogP contribution in [0.3, 0.4) is 0 Å². The third-order valence-electron chi connectivity index (χ3n) is 10.8. The lowest BCUT2D eigenvalue weighted by Gasteiger charge is -2.26. The Hall–Kier alpha value is -7.42.